The number of benzene rings is 6. The highest BCUT2D eigenvalue weighted by molar-refractivity contribution is 6.03. The zero-order chi connectivity index (χ0) is 66.6. The van der Waals surface area contributed by atoms with E-state index in [9.17, 15) is 40.7 Å². The lowest BCUT2D eigenvalue weighted by atomic mass is 9.80. The average Bonchev–Trinajstić information content (AvgIpc) is 1.60. The first-order valence-corrected chi connectivity index (χ1v) is 33.0. The standard InChI is InChI=1S/C25H29F3N2O2.C25H30F2N2O2.C25H31FN2O2/c1-17(2)32-22-9-4-6-19(12-22)15-29-11-10-24(14-18(29)3)16-25(27,28)23(31)30(24)21-8-5-7-20(26)13-21;1-17(2)31-22-9-4-6-19(12-22)16-28-11-10-25(14-18(28)3)15-23(27)24(30)29(25)21-8-5-7-20(26)13-21;1-18(2)30-23-9-4-6-20(14-23)17-27-13-12-25(16-19(27)3)11-10-24(29)28(25)22-8-5-7-21(26)15-22/h4-9,12-13,17-18H,10-11,14-16H2,1-3H3;4-9,12-13,17-18,23H,10-11,14-16H2,1-3H3;4-9,14-15,18-19H,10-13,16-17H2,1-3H3/t18-,24+;18-,23?,25+;19-,25+/m000/s1. The predicted molar refractivity (Wildman–Crippen MR) is 352 cm³/mol. The predicted octanol–water partition coefficient (Wildman–Crippen LogP) is 15.7. The highest BCUT2D eigenvalue weighted by Crippen LogP contribution is 2.51. The second-order valence-corrected chi connectivity index (χ2v) is 27.5. The summed E-state index contributed by atoms with van der Waals surface area (Å²) in [4.78, 5) is 49.7. The van der Waals surface area contributed by atoms with Gasteiger partial charge >= 0.3 is 5.92 Å². The number of carbonyl (C=O) groups excluding carboxylic acids is 3. The van der Waals surface area contributed by atoms with Crippen LogP contribution in [0, 0.1) is 17.5 Å². The fraction of sp³-hybridized carbons (Fsp3) is 0.480. The Morgan fingerprint density at radius 3 is 1.23 bits per heavy atom. The number of likely N-dealkylation sites (tertiary alicyclic amines) is 3. The summed E-state index contributed by atoms with van der Waals surface area (Å²) in [5.74, 6) is -3.82. The van der Waals surface area contributed by atoms with Gasteiger partial charge in [0.2, 0.25) is 5.91 Å². The van der Waals surface area contributed by atoms with Crippen LogP contribution in [0.15, 0.2) is 146 Å². The van der Waals surface area contributed by atoms with Crippen molar-refractivity contribution in [1.82, 2.24) is 14.7 Å². The first-order chi connectivity index (χ1) is 44.2. The third-order valence-corrected chi connectivity index (χ3v) is 19.2. The van der Waals surface area contributed by atoms with Crippen molar-refractivity contribution in [3.63, 3.8) is 0 Å². The molecule has 6 saturated heterocycles. The maximum absolute atomic E-state index is 14.6. The zero-order valence-corrected chi connectivity index (χ0v) is 55.1. The van der Waals surface area contributed by atoms with Gasteiger partial charge in [-0.05, 0) is 215 Å². The van der Waals surface area contributed by atoms with E-state index in [0.29, 0.717) is 62.6 Å². The van der Waals surface area contributed by atoms with Gasteiger partial charge in [0.15, 0.2) is 6.17 Å². The number of rotatable bonds is 15. The summed E-state index contributed by atoms with van der Waals surface area (Å²) in [5.41, 5.74) is 2.99. The topological polar surface area (TPSA) is 98.3 Å². The summed E-state index contributed by atoms with van der Waals surface area (Å²) in [6.07, 6.45) is 3.74. The number of piperidine rings is 3. The van der Waals surface area contributed by atoms with Gasteiger partial charge < -0.3 is 28.9 Å². The summed E-state index contributed by atoms with van der Waals surface area (Å²) in [6, 6.07) is 42.5. The van der Waals surface area contributed by atoms with Crippen LogP contribution in [0.4, 0.5) is 43.4 Å². The van der Waals surface area contributed by atoms with Gasteiger partial charge in [0.1, 0.15) is 34.7 Å². The monoisotopic (exact) mass is 1280 g/mol. The smallest absolute Gasteiger partial charge is 0.327 e. The van der Waals surface area contributed by atoms with E-state index in [1.54, 1.807) is 18.2 Å². The maximum Gasteiger partial charge on any atom is 0.327 e. The van der Waals surface area contributed by atoms with Crippen molar-refractivity contribution in [1.29, 1.82) is 0 Å². The molecule has 0 aromatic heterocycles. The van der Waals surface area contributed by atoms with Gasteiger partial charge in [-0.25, -0.2) is 17.6 Å². The molecule has 6 heterocycles. The molecule has 6 aromatic carbocycles. The fourth-order valence-electron chi connectivity index (χ4n) is 15.3. The SMILES string of the molecule is CC(C)Oc1cccc(CN2CC[C@@]3(C[C@@H]2C)CC(F)(F)C(=O)N3c2cccc(F)c2)c1.CC(C)Oc1cccc(CN2CC[C@]3(CC(F)C(=O)N3c3cccc(F)c3)C[C@@H]2C)c1.CC(C)Oc1cccc(CN2CC[C@]3(CCC(=O)N3c3cccc(F)c3)C[C@@H]2C)c1. The van der Waals surface area contributed by atoms with Crippen molar-refractivity contribution in [2.45, 2.75) is 211 Å². The Hall–Kier alpha value is -7.41. The molecule has 3 amide bonds. The van der Waals surface area contributed by atoms with Gasteiger partial charge in [-0.2, -0.15) is 8.78 Å². The molecule has 6 fully saturated rings. The van der Waals surface area contributed by atoms with Crippen molar-refractivity contribution in [2.24, 2.45) is 0 Å². The zero-order valence-electron chi connectivity index (χ0n) is 55.1. The molecule has 0 saturated carbocycles. The molecule has 12 nitrogen and oxygen atoms in total. The minimum Gasteiger partial charge on any atom is -0.491 e. The summed E-state index contributed by atoms with van der Waals surface area (Å²) < 4.78 is 103. The lowest BCUT2D eigenvalue weighted by molar-refractivity contribution is -0.138. The lowest BCUT2D eigenvalue weighted by Gasteiger charge is -2.48. The van der Waals surface area contributed by atoms with Crippen LogP contribution in [0.1, 0.15) is 143 Å². The maximum atomic E-state index is 14.6. The molecule has 0 bridgehead atoms. The second-order valence-electron chi connectivity index (χ2n) is 27.5. The van der Waals surface area contributed by atoms with E-state index in [-0.39, 0.29) is 59.8 Å². The molecule has 0 N–H and O–H groups in total. The molecular formula is C75H90F6N6O6. The first-order valence-electron chi connectivity index (χ1n) is 33.0. The van der Waals surface area contributed by atoms with E-state index in [0.717, 1.165) is 79.9 Å². The molecule has 498 valence electrons. The number of halogens is 6. The van der Waals surface area contributed by atoms with Gasteiger partial charge in [0, 0.05) is 93.7 Å². The molecule has 1 unspecified atom stereocenters. The molecular weight excluding hydrogens is 1190 g/mol. The molecule has 6 aliphatic heterocycles. The quantitative estimate of drug-likeness (QED) is 0.0931. The van der Waals surface area contributed by atoms with Gasteiger partial charge in [-0.1, -0.05) is 54.6 Å². The van der Waals surface area contributed by atoms with Gasteiger partial charge in [0.25, 0.3) is 11.8 Å². The Kier molecular flexibility index (Phi) is 21.1. The summed E-state index contributed by atoms with van der Waals surface area (Å²) in [6.45, 7) is 22.9. The van der Waals surface area contributed by atoms with Crippen molar-refractivity contribution < 1.29 is 54.9 Å². The summed E-state index contributed by atoms with van der Waals surface area (Å²) in [7, 11) is 0. The van der Waals surface area contributed by atoms with Crippen LogP contribution in [-0.4, -0.2) is 117 Å². The minimum absolute atomic E-state index is 0.0313. The first kappa shape index (κ1) is 68.4. The molecule has 6 aliphatic rings. The average molecular weight is 1290 g/mol. The van der Waals surface area contributed by atoms with Crippen LogP contribution in [0.5, 0.6) is 17.2 Å². The molecule has 93 heavy (non-hydrogen) atoms. The Balaban J connectivity index is 0.000000153. The van der Waals surface area contributed by atoms with Crippen LogP contribution in [-0.2, 0) is 34.0 Å². The Labute approximate surface area is 544 Å². The van der Waals surface area contributed by atoms with Crippen molar-refractivity contribution in [2.75, 3.05) is 34.3 Å². The van der Waals surface area contributed by atoms with Crippen LogP contribution in [0.2, 0.25) is 0 Å². The van der Waals surface area contributed by atoms with E-state index < -0.39 is 53.0 Å². The van der Waals surface area contributed by atoms with Crippen molar-refractivity contribution >= 4 is 34.8 Å². The number of hydrogen-bond acceptors (Lipinski definition) is 9. The molecule has 0 aliphatic carbocycles. The Morgan fingerprint density at radius 2 is 0.817 bits per heavy atom. The molecule has 3 spiro atoms. The summed E-state index contributed by atoms with van der Waals surface area (Å²) >= 11 is 0. The Bertz CT molecular complexity index is 3590. The number of ether oxygens (including phenoxy) is 3. The van der Waals surface area contributed by atoms with Gasteiger partial charge in [-0.3, -0.25) is 29.1 Å². The van der Waals surface area contributed by atoms with E-state index in [2.05, 4.69) is 52.8 Å². The molecule has 18 heteroatoms. The highest BCUT2D eigenvalue weighted by atomic mass is 19.3. The van der Waals surface area contributed by atoms with Crippen molar-refractivity contribution in [3.8, 4) is 17.2 Å². The van der Waals surface area contributed by atoms with Gasteiger partial charge in [-0.15, -0.1) is 0 Å². The Morgan fingerprint density at radius 1 is 0.452 bits per heavy atom. The third kappa shape index (κ3) is 15.9. The third-order valence-electron chi connectivity index (χ3n) is 19.2. The normalized spacial score (nSPS) is 25.7. The summed E-state index contributed by atoms with van der Waals surface area (Å²) in [5, 5.41) is 0. The number of nitrogens with zero attached hydrogens (tertiary/aromatic N) is 6. The van der Waals surface area contributed by atoms with Crippen LogP contribution >= 0.6 is 0 Å². The number of anilines is 3. The number of hydrogen-bond donors (Lipinski definition) is 0. The second kappa shape index (κ2) is 28.7. The molecule has 7 atom stereocenters. The van der Waals surface area contributed by atoms with Gasteiger partial charge in [0.05, 0.1) is 34.9 Å². The highest BCUT2D eigenvalue weighted by Gasteiger charge is 2.63. The largest absolute Gasteiger partial charge is 0.491 e. The van der Waals surface area contributed by atoms with Crippen LogP contribution in [0.3, 0.4) is 0 Å². The molecule has 6 aromatic rings. The van der Waals surface area contributed by atoms with E-state index in [4.69, 9.17) is 14.2 Å². The molecule has 12 rings (SSSR count). The van der Waals surface area contributed by atoms with E-state index in [1.165, 1.54) is 57.8 Å². The van der Waals surface area contributed by atoms with E-state index in [1.807, 2.05) is 108 Å². The fourth-order valence-corrected chi connectivity index (χ4v) is 15.3. The number of amides is 3. The lowest BCUT2D eigenvalue weighted by Crippen LogP contribution is -2.56. The van der Waals surface area contributed by atoms with E-state index >= 15 is 0 Å². The number of alkyl halides is 3. The minimum atomic E-state index is -3.45. The number of carbonyl (C=O) groups is 3. The van der Waals surface area contributed by atoms with Crippen molar-refractivity contribution in [3.05, 3.63) is 180 Å². The van der Waals surface area contributed by atoms with Crippen LogP contribution < -0.4 is 28.9 Å². The van der Waals surface area contributed by atoms with Crippen LogP contribution in [0.25, 0.3) is 0 Å². The molecule has 0 radical (unpaired) electrons.